The Morgan fingerprint density at radius 2 is 1.97 bits per heavy atom. The first-order valence-corrected chi connectivity index (χ1v) is 10.2. The van der Waals surface area contributed by atoms with Crippen LogP contribution in [0.15, 0.2) is 58.1 Å². The molecule has 158 valence electrons. The zero-order chi connectivity index (χ0) is 22.3. The van der Waals surface area contributed by atoms with E-state index in [1.165, 1.54) is 36.2 Å². The van der Waals surface area contributed by atoms with Crippen LogP contribution in [-0.4, -0.2) is 27.6 Å². The predicted octanol–water partition coefficient (Wildman–Crippen LogP) is 3.30. The first-order chi connectivity index (χ1) is 14.8. The number of rotatable bonds is 4. The normalized spacial score (nSPS) is 11.1. The van der Waals surface area contributed by atoms with Gasteiger partial charge >= 0.3 is 5.69 Å². The Balaban J connectivity index is 1.83. The van der Waals surface area contributed by atoms with Crippen molar-refractivity contribution in [1.29, 1.82) is 0 Å². The van der Waals surface area contributed by atoms with Crippen LogP contribution in [0.1, 0.15) is 15.2 Å². The molecule has 2 heterocycles. The average Bonchev–Trinajstić information content (AvgIpc) is 3.13. The highest BCUT2D eigenvalue weighted by Crippen LogP contribution is 2.31. The second-order valence-electron chi connectivity index (χ2n) is 6.68. The van der Waals surface area contributed by atoms with E-state index >= 15 is 0 Å². The Kier molecular flexibility index (Phi) is 5.48. The molecule has 0 saturated carbocycles. The summed E-state index contributed by atoms with van der Waals surface area (Å²) in [4.78, 5) is 42.6. The molecule has 0 fully saturated rings. The van der Waals surface area contributed by atoms with Crippen molar-refractivity contribution in [3.8, 4) is 5.69 Å². The van der Waals surface area contributed by atoms with E-state index in [1.54, 1.807) is 24.3 Å². The maximum atomic E-state index is 13.5. The van der Waals surface area contributed by atoms with Crippen LogP contribution in [0, 0.1) is 5.82 Å². The highest BCUT2D eigenvalue weighted by molar-refractivity contribution is 7.18. The molecular weight excluding hydrogens is 445 g/mol. The van der Waals surface area contributed by atoms with Gasteiger partial charge in [-0.05, 0) is 35.9 Å². The number of halogens is 2. The fraction of sp³-hybridized carbons (Fsp3) is 0.0952. The van der Waals surface area contributed by atoms with Gasteiger partial charge in [0, 0.05) is 12.7 Å². The van der Waals surface area contributed by atoms with Crippen LogP contribution >= 0.6 is 22.9 Å². The number of carbonyl (C=O) groups is 1. The second-order valence-corrected chi connectivity index (χ2v) is 8.34. The fourth-order valence-corrected chi connectivity index (χ4v) is 4.50. The van der Waals surface area contributed by atoms with Crippen molar-refractivity contribution in [1.82, 2.24) is 9.55 Å². The van der Waals surface area contributed by atoms with E-state index in [9.17, 15) is 23.9 Å². The summed E-state index contributed by atoms with van der Waals surface area (Å²) in [6, 6.07) is 11.6. The third-order valence-corrected chi connectivity index (χ3v) is 6.13. The van der Waals surface area contributed by atoms with E-state index in [0.29, 0.717) is 11.3 Å². The summed E-state index contributed by atoms with van der Waals surface area (Å²) >= 11 is 7.19. The quantitative estimate of drug-likeness (QED) is 0.489. The van der Waals surface area contributed by atoms with Gasteiger partial charge in [0.15, 0.2) is 0 Å². The van der Waals surface area contributed by atoms with Crippen molar-refractivity contribution in [2.45, 2.75) is 6.61 Å². The topological polar surface area (TPSA) is 95.4 Å². The smallest absolute Gasteiger partial charge is 0.333 e. The minimum atomic E-state index is -0.732. The van der Waals surface area contributed by atoms with Crippen molar-refractivity contribution in [2.24, 2.45) is 0 Å². The molecular formula is C21H15ClFN3O4S. The van der Waals surface area contributed by atoms with E-state index in [1.807, 2.05) is 0 Å². The number of aromatic nitrogens is 2. The molecule has 0 unspecified atom stereocenters. The van der Waals surface area contributed by atoms with Gasteiger partial charge in [0.05, 0.1) is 28.1 Å². The van der Waals surface area contributed by atoms with Crippen LogP contribution in [0.25, 0.3) is 16.6 Å². The molecule has 1 amide bonds. The van der Waals surface area contributed by atoms with E-state index in [0.717, 1.165) is 15.9 Å². The Labute approximate surface area is 183 Å². The van der Waals surface area contributed by atoms with Gasteiger partial charge in [-0.1, -0.05) is 29.8 Å². The number of H-pyrrole nitrogens is 1. The van der Waals surface area contributed by atoms with Crippen molar-refractivity contribution in [2.75, 3.05) is 11.9 Å². The number of amides is 1. The lowest BCUT2D eigenvalue weighted by Gasteiger charge is -2.16. The summed E-state index contributed by atoms with van der Waals surface area (Å²) in [7, 11) is 1.48. The Hall–Kier alpha value is -3.27. The van der Waals surface area contributed by atoms with Gasteiger partial charge in [0.1, 0.15) is 10.2 Å². The number of aliphatic hydroxyl groups is 1. The third kappa shape index (κ3) is 3.67. The minimum absolute atomic E-state index is 0.0450. The highest BCUT2D eigenvalue weighted by atomic mass is 35.5. The van der Waals surface area contributed by atoms with Crippen LogP contribution in [0.4, 0.5) is 10.1 Å². The SMILES string of the molecule is CN(C(=O)c1cc(-n2c(=O)[nH]c3cccc(CO)c3c2=O)c(Cl)s1)c1cccc(F)c1. The van der Waals surface area contributed by atoms with Gasteiger partial charge in [-0.15, -0.1) is 11.3 Å². The molecule has 10 heteroatoms. The van der Waals surface area contributed by atoms with E-state index in [4.69, 9.17) is 11.6 Å². The number of nitrogens with one attached hydrogen (secondary N) is 1. The lowest BCUT2D eigenvalue weighted by atomic mass is 10.1. The molecule has 0 aliphatic rings. The zero-order valence-electron chi connectivity index (χ0n) is 16.1. The first kappa shape index (κ1) is 21.0. The van der Waals surface area contributed by atoms with Crippen LogP contribution < -0.4 is 16.1 Å². The summed E-state index contributed by atoms with van der Waals surface area (Å²) in [5.74, 6) is -0.971. The Bertz CT molecular complexity index is 1440. The Morgan fingerprint density at radius 1 is 1.23 bits per heavy atom. The monoisotopic (exact) mass is 459 g/mol. The molecule has 0 atom stereocenters. The molecule has 4 aromatic rings. The molecule has 7 nitrogen and oxygen atoms in total. The van der Waals surface area contributed by atoms with Crippen molar-refractivity contribution < 1.29 is 14.3 Å². The van der Waals surface area contributed by atoms with Crippen LogP contribution in [-0.2, 0) is 6.61 Å². The maximum Gasteiger partial charge on any atom is 0.333 e. The molecule has 0 saturated heterocycles. The molecule has 0 spiro atoms. The standard InChI is InChI=1S/C21H15ClFN3O4S/c1-25(13-6-3-5-12(23)8-13)19(28)16-9-15(18(22)31-16)26-20(29)17-11(10-27)4-2-7-14(17)24-21(26)30/h2-9,27H,10H2,1H3,(H,24,30). The van der Waals surface area contributed by atoms with Gasteiger partial charge in [-0.3, -0.25) is 9.59 Å². The van der Waals surface area contributed by atoms with E-state index in [-0.39, 0.29) is 25.8 Å². The lowest BCUT2D eigenvalue weighted by Crippen LogP contribution is -2.34. The molecule has 0 bridgehead atoms. The van der Waals surface area contributed by atoms with E-state index < -0.39 is 29.6 Å². The van der Waals surface area contributed by atoms with Gasteiger partial charge in [0.25, 0.3) is 11.5 Å². The highest BCUT2D eigenvalue weighted by Gasteiger charge is 2.22. The number of aromatic amines is 1. The number of nitrogens with zero attached hydrogens (tertiary/aromatic N) is 2. The van der Waals surface area contributed by atoms with Crippen LogP contribution in [0.5, 0.6) is 0 Å². The summed E-state index contributed by atoms with van der Waals surface area (Å²) in [5.41, 5.74) is -0.384. The summed E-state index contributed by atoms with van der Waals surface area (Å²) in [6.07, 6.45) is 0. The molecule has 2 aromatic heterocycles. The number of hydrogen-bond donors (Lipinski definition) is 2. The number of aliphatic hydroxyl groups excluding tert-OH is 1. The number of anilines is 1. The predicted molar refractivity (Wildman–Crippen MR) is 118 cm³/mol. The van der Waals surface area contributed by atoms with E-state index in [2.05, 4.69) is 4.98 Å². The molecule has 2 N–H and O–H groups in total. The van der Waals surface area contributed by atoms with Gasteiger partial charge < -0.3 is 15.0 Å². The average molecular weight is 460 g/mol. The number of fused-ring (bicyclic) bond motifs is 1. The number of hydrogen-bond acceptors (Lipinski definition) is 5. The summed E-state index contributed by atoms with van der Waals surface area (Å²) < 4.78 is 14.4. The molecule has 0 aliphatic carbocycles. The Morgan fingerprint density at radius 3 is 2.68 bits per heavy atom. The fourth-order valence-electron chi connectivity index (χ4n) is 3.27. The number of benzene rings is 2. The molecule has 4 rings (SSSR count). The molecule has 0 radical (unpaired) electrons. The molecule has 31 heavy (non-hydrogen) atoms. The maximum absolute atomic E-state index is 13.5. The third-order valence-electron chi connectivity index (χ3n) is 4.80. The zero-order valence-corrected chi connectivity index (χ0v) is 17.6. The lowest BCUT2D eigenvalue weighted by molar-refractivity contribution is 0.0997. The second kappa shape index (κ2) is 8.10. The van der Waals surface area contributed by atoms with Crippen molar-refractivity contribution in [3.05, 3.63) is 90.0 Å². The summed E-state index contributed by atoms with van der Waals surface area (Å²) in [6.45, 7) is -0.391. The van der Waals surface area contributed by atoms with Crippen molar-refractivity contribution >= 4 is 45.4 Å². The molecule has 2 aromatic carbocycles. The number of carbonyl (C=O) groups excluding carboxylic acids is 1. The van der Waals surface area contributed by atoms with Crippen molar-refractivity contribution in [3.63, 3.8) is 0 Å². The number of thiophene rings is 1. The van der Waals surface area contributed by atoms with Gasteiger partial charge in [-0.2, -0.15) is 0 Å². The first-order valence-electron chi connectivity index (χ1n) is 9.03. The van der Waals surface area contributed by atoms with Gasteiger partial charge in [0.2, 0.25) is 0 Å². The minimum Gasteiger partial charge on any atom is -0.392 e. The molecule has 0 aliphatic heterocycles. The van der Waals surface area contributed by atoms with Gasteiger partial charge in [-0.25, -0.2) is 13.8 Å². The largest absolute Gasteiger partial charge is 0.392 e. The van der Waals surface area contributed by atoms with Crippen LogP contribution in [0.3, 0.4) is 0 Å². The van der Waals surface area contributed by atoms with Crippen LogP contribution in [0.2, 0.25) is 4.34 Å². The summed E-state index contributed by atoms with van der Waals surface area (Å²) in [5, 5.41) is 9.72.